The van der Waals surface area contributed by atoms with Gasteiger partial charge in [0.25, 0.3) is 0 Å². The molecule has 2 N–H and O–H groups in total. The molecule has 0 saturated carbocycles. The molecule has 4 aromatic rings. The molecule has 11 heteroatoms. The first-order valence-corrected chi connectivity index (χ1v) is 13.0. The van der Waals surface area contributed by atoms with E-state index in [0.717, 1.165) is 35.8 Å². The lowest BCUT2D eigenvalue weighted by Crippen LogP contribution is -2.11. The Morgan fingerprint density at radius 2 is 2.00 bits per heavy atom. The summed E-state index contributed by atoms with van der Waals surface area (Å²) in [6.07, 6.45) is 2.27. The highest BCUT2D eigenvalue weighted by atomic mass is 32.2. The molecule has 0 bridgehead atoms. The molecule has 2 aromatic heterocycles. The van der Waals surface area contributed by atoms with Crippen molar-refractivity contribution < 1.29 is 17.3 Å². The number of hydrogen-bond donors (Lipinski definition) is 1. The van der Waals surface area contributed by atoms with Crippen molar-refractivity contribution in [1.82, 2.24) is 19.7 Å². The molecule has 174 valence electrons. The third-order valence-electron chi connectivity index (χ3n) is 5.12. The van der Waals surface area contributed by atoms with Gasteiger partial charge in [0.15, 0.2) is 5.16 Å². The number of benzene rings is 2. The van der Waals surface area contributed by atoms with E-state index in [2.05, 4.69) is 26.6 Å². The molecule has 8 nitrogen and oxygen atoms in total. The van der Waals surface area contributed by atoms with Crippen LogP contribution in [0.5, 0.6) is 0 Å². The van der Waals surface area contributed by atoms with Crippen molar-refractivity contribution >= 4 is 32.8 Å². The van der Waals surface area contributed by atoms with Crippen LogP contribution >= 0.6 is 11.8 Å². The van der Waals surface area contributed by atoms with Crippen LogP contribution in [0.4, 0.5) is 4.39 Å². The van der Waals surface area contributed by atoms with E-state index in [1.165, 1.54) is 18.2 Å². The minimum Gasteiger partial charge on any atom is -0.339 e. The fourth-order valence-electron chi connectivity index (χ4n) is 3.41. The number of rotatable bonds is 9. The molecule has 4 rings (SSSR count). The summed E-state index contributed by atoms with van der Waals surface area (Å²) in [7, 11) is -3.78. The molecule has 0 fully saturated rings. The van der Waals surface area contributed by atoms with E-state index in [0.29, 0.717) is 34.8 Å². The summed E-state index contributed by atoms with van der Waals surface area (Å²) in [5.74, 6) is 1.31. The van der Waals surface area contributed by atoms with Crippen LogP contribution in [0, 0.1) is 12.7 Å². The number of fused-ring (bicyclic) bond motifs is 1. The van der Waals surface area contributed by atoms with Crippen molar-refractivity contribution in [3.63, 3.8) is 0 Å². The van der Waals surface area contributed by atoms with E-state index in [9.17, 15) is 12.8 Å². The van der Waals surface area contributed by atoms with Crippen LogP contribution < -0.4 is 5.14 Å². The lowest BCUT2D eigenvalue weighted by atomic mass is 10.1. The topological polar surface area (TPSA) is 117 Å². The van der Waals surface area contributed by atoms with Crippen LogP contribution in [0.15, 0.2) is 51.0 Å². The first kappa shape index (κ1) is 23.4. The van der Waals surface area contributed by atoms with E-state index in [4.69, 9.17) is 9.66 Å². The number of imidazole rings is 1. The van der Waals surface area contributed by atoms with Gasteiger partial charge in [0.1, 0.15) is 5.82 Å². The van der Waals surface area contributed by atoms with Gasteiger partial charge in [-0.05, 0) is 49.6 Å². The molecular weight excluding hydrogens is 465 g/mol. The summed E-state index contributed by atoms with van der Waals surface area (Å²) >= 11 is 1.58. The maximum atomic E-state index is 13.8. The third-order valence-corrected chi connectivity index (χ3v) is 7.10. The Balaban J connectivity index is 1.42. The third kappa shape index (κ3) is 5.26. The van der Waals surface area contributed by atoms with Crippen LogP contribution in [-0.2, 0) is 23.0 Å². The van der Waals surface area contributed by atoms with Gasteiger partial charge < -0.3 is 9.09 Å². The molecule has 0 aliphatic heterocycles. The Morgan fingerprint density at radius 1 is 1.18 bits per heavy atom. The fraction of sp³-hybridized carbons (Fsp3) is 0.318. The molecule has 2 aromatic carbocycles. The molecule has 0 atom stereocenters. The lowest BCUT2D eigenvalue weighted by molar-refractivity contribution is 0.378. The molecular formula is C22H24FN5O3S2. The molecule has 0 amide bonds. The predicted octanol–water partition coefficient (Wildman–Crippen LogP) is 4.32. The summed E-state index contributed by atoms with van der Waals surface area (Å²) in [5.41, 5.74) is 2.62. The minimum atomic E-state index is -3.78. The highest BCUT2D eigenvalue weighted by Crippen LogP contribution is 2.27. The van der Waals surface area contributed by atoms with Crippen LogP contribution in [0.2, 0.25) is 0 Å². The Hall–Kier alpha value is -2.76. The smallest absolute Gasteiger partial charge is 0.238 e. The van der Waals surface area contributed by atoms with Crippen molar-refractivity contribution in [3.05, 3.63) is 53.7 Å². The number of nitrogens with zero attached hydrogens (tertiary/aromatic N) is 4. The second-order valence-electron chi connectivity index (χ2n) is 7.67. The summed E-state index contributed by atoms with van der Waals surface area (Å²) in [5, 5.41) is 10.0. The Labute approximate surface area is 195 Å². The number of aromatic nitrogens is 4. The number of thioether (sulfide) groups is 1. The first-order valence-electron chi connectivity index (χ1n) is 10.5. The SMILES string of the molecule is CCCn1c(SCCCc2nc(-c3ccc(C)c(F)c3)no2)nc2cc(S(N)(=O)=O)ccc21. The summed E-state index contributed by atoms with van der Waals surface area (Å²) in [4.78, 5) is 9.04. The van der Waals surface area contributed by atoms with Gasteiger partial charge in [-0.1, -0.05) is 36.0 Å². The first-order chi connectivity index (χ1) is 15.8. The average molecular weight is 490 g/mol. The quantitative estimate of drug-likeness (QED) is 0.275. The van der Waals surface area contributed by atoms with Gasteiger partial charge in [-0.2, -0.15) is 4.98 Å². The normalized spacial score (nSPS) is 12.0. The number of aryl methyl sites for hydroxylation is 3. The lowest BCUT2D eigenvalue weighted by Gasteiger charge is -2.07. The van der Waals surface area contributed by atoms with Gasteiger partial charge >= 0.3 is 0 Å². The number of halogens is 1. The molecule has 0 aliphatic carbocycles. The van der Waals surface area contributed by atoms with E-state index in [-0.39, 0.29) is 10.7 Å². The second-order valence-corrected chi connectivity index (χ2v) is 10.3. The van der Waals surface area contributed by atoms with E-state index >= 15 is 0 Å². The van der Waals surface area contributed by atoms with Gasteiger partial charge in [0.2, 0.25) is 21.7 Å². The van der Waals surface area contributed by atoms with Gasteiger partial charge in [0, 0.05) is 24.3 Å². The van der Waals surface area contributed by atoms with Crippen molar-refractivity contribution in [3.8, 4) is 11.4 Å². The molecule has 0 unspecified atom stereocenters. The van der Waals surface area contributed by atoms with Crippen molar-refractivity contribution in [2.75, 3.05) is 5.75 Å². The van der Waals surface area contributed by atoms with Crippen molar-refractivity contribution in [2.45, 2.75) is 49.7 Å². The molecule has 0 radical (unpaired) electrons. The maximum absolute atomic E-state index is 13.8. The van der Waals surface area contributed by atoms with Crippen LogP contribution in [0.3, 0.4) is 0 Å². The highest BCUT2D eigenvalue weighted by Gasteiger charge is 2.15. The Kier molecular flexibility index (Phi) is 6.82. The van der Waals surface area contributed by atoms with Gasteiger partial charge in [-0.25, -0.2) is 22.9 Å². The maximum Gasteiger partial charge on any atom is 0.238 e. The standard InChI is InChI=1S/C22H24FN5O3S2/c1-3-10-28-19-9-8-16(33(24,29)30)13-18(19)25-22(28)32-11-4-5-20-26-21(27-31-20)15-7-6-14(2)17(23)12-15/h6-9,12-13H,3-5,10-11H2,1-2H3,(H2,24,29,30). The number of primary sulfonamides is 1. The minimum absolute atomic E-state index is 0.0494. The fourth-order valence-corrected chi connectivity index (χ4v) is 4.92. The summed E-state index contributed by atoms with van der Waals surface area (Å²) < 4.78 is 44.5. The van der Waals surface area contributed by atoms with Gasteiger partial charge in [0.05, 0.1) is 15.9 Å². The number of sulfonamides is 1. The molecule has 0 spiro atoms. The van der Waals surface area contributed by atoms with Gasteiger partial charge in [-0.15, -0.1) is 0 Å². The van der Waals surface area contributed by atoms with Crippen molar-refractivity contribution in [2.24, 2.45) is 5.14 Å². The molecule has 33 heavy (non-hydrogen) atoms. The second kappa shape index (κ2) is 9.62. The van der Waals surface area contributed by atoms with Crippen LogP contribution in [-0.4, -0.2) is 33.9 Å². The monoisotopic (exact) mass is 489 g/mol. The van der Waals surface area contributed by atoms with E-state index in [1.54, 1.807) is 36.9 Å². The van der Waals surface area contributed by atoms with E-state index in [1.807, 2.05) is 0 Å². The molecule has 2 heterocycles. The highest BCUT2D eigenvalue weighted by molar-refractivity contribution is 7.99. The largest absolute Gasteiger partial charge is 0.339 e. The zero-order chi connectivity index (χ0) is 23.6. The molecule has 0 aliphatic rings. The van der Waals surface area contributed by atoms with E-state index < -0.39 is 10.0 Å². The van der Waals surface area contributed by atoms with Gasteiger partial charge in [-0.3, -0.25) is 0 Å². The van der Waals surface area contributed by atoms with Crippen molar-refractivity contribution in [1.29, 1.82) is 0 Å². The number of hydrogen-bond acceptors (Lipinski definition) is 7. The number of nitrogens with two attached hydrogens (primary N) is 1. The summed E-state index contributed by atoms with van der Waals surface area (Å²) in [6, 6.07) is 9.62. The summed E-state index contributed by atoms with van der Waals surface area (Å²) in [6.45, 7) is 4.55. The average Bonchev–Trinajstić information content (AvgIpc) is 3.37. The Bertz CT molecular complexity index is 1400. The molecule has 0 saturated heterocycles. The van der Waals surface area contributed by atoms with Crippen LogP contribution in [0.1, 0.15) is 31.2 Å². The zero-order valence-corrected chi connectivity index (χ0v) is 19.9. The zero-order valence-electron chi connectivity index (χ0n) is 18.3. The van der Waals surface area contributed by atoms with Crippen LogP contribution in [0.25, 0.3) is 22.4 Å². The predicted molar refractivity (Wildman–Crippen MR) is 125 cm³/mol. The Morgan fingerprint density at radius 3 is 2.73 bits per heavy atom.